The Bertz CT molecular complexity index is 452. The standard InChI is InChI=1S/C8H5F4NO3/c9-2-5-4(3-14)6(1-7(15)13-5)16-8(10,11)12/h1,3H,2H2,(H,13,15). The lowest BCUT2D eigenvalue weighted by Gasteiger charge is -2.11. The average molecular weight is 239 g/mol. The number of ether oxygens (including phenoxy) is 1. The molecule has 1 aromatic rings. The van der Waals surface area contributed by atoms with Gasteiger partial charge in [0, 0.05) is 6.07 Å². The van der Waals surface area contributed by atoms with Crippen molar-refractivity contribution in [1.29, 1.82) is 0 Å². The van der Waals surface area contributed by atoms with E-state index < -0.39 is 35.6 Å². The maximum Gasteiger partial charge on any atom is 0.573 e. The quantitative estimate of drug-likeness (QED) is 0.643. The van der Waals surface area contributed by atoms with E-state index >= 15 is 0 Å². The summed E-state index contributed by atoms with van der Waals surface area (Å²) in [5.41, 5.74) is -2.21. The van der Waals surface area contributed by atoms with Crippen molar-refractivity contribution in [2.75, 3.05) is 0 Å². The van der Waals surface area contributed by atoms with Crippen LogP contribution in [0.15, 0.2) is 10.9 Å². The summed E-state index contributed by atoms with van der Waals surface area (Å²) in [4.78, 5) is 23.2. The summed E-state index contributed by atoms with van der Waals surface area (Å²) >= 11 is 0. The van der Waals surface area contributed by atoms with Gasteiger partial charge in [0.25, 0.3) is 5.56 Å². The lowest BCUT2D eigenvalue weighted by atomic mass is 10.2. The molecule has 0 unspecified atom stereocenters. The molecule has 0 bridgehead atoms. The van der Waals surface area contributed by atoms with E-state index in [-0.39, 0.29) is 6.29 Å². The summed E-state index contributed by atoms with van der Waals surface area (Å²) < 4.78 is 51.4. The molecule has 0 radical (unpaired) electrons. The molecule has 1 N–H and O–H groups in total. The minimum absolute atomic E-state index is 0.0219. The van der Waals surface area contributed by atoms with Gasteiger partial charge in [-0.25, -0.2) is 4.39 Å². The van der Waals surface area contributed by atoms with Crippen LogP contribution in [0.4, 0.5) is 17.6 Å². The number of aromatic nitrogens is 1. The normalized spacial score (nSPS) is 11.2. The third-order valence-corrected chi connectivity index (χ3v) is 1.60. The molecular weight excluding hydrogens is 234 g/mol. The van der Waals surface area contributed by atoms with Gasteiger partial charge in [0.1, 0.15) is 12.4 Å². The smallest absolute Gasteiger partial charge is 0.405 e. The average Bonchev–Trinajstić information content (AvgIpc) is 2.14. The molecule has 1 rings (SSSR count). The molecule has 4 nitrogen and oxygen atoms in total. The number of halogens is 4. The van der Waals surface area contributed by atoms with Gasteiger partial charge in [-0.3, -0.25) is 9.59 Å². The topological polar surface area (TPSA) is 59.2 Å². The molecule has 0 saturated carbocycles. The third kappa shape index (κ3) is 2.81. The first-order chi connectivity index (χ1) is 7.37. The highest BCUT2D eigenvalue weighted by Gasteiger charge is 2.32. The molecule has 0 aliphatic heterocycles. The molecule has 0 fully saturated rings. The Kier molecular flexibility index (Phi) is 3.31. The summed E-state index contributed by atoms with van der Waals surface area (Å²) in [7, 11) is 0. The fourth-order valence-electron chi connectivity index (χ4n) is 1.04. The van der Waals surface area contributed by atoms with Crippen LogP contribution in [0.1, 0.15) is 16.1 Å². The third-order valence-electron chi connectivity index (χ3n) is 1.60. The van der Waals surface area contributed by atoms with Crippen LogP contribution in [-0.4, -0.2) is 17.6 Å². The second-order valence-electron chi connectivity index (χ2n) is 2.69. The molecule has 0 amide bonds. The molecule has 1 heterocycles. The van der Waals surface area contributed by atoms with E-state index in [1.54, 1.807) is 0 Å². The zero-order chi connectivity index (χ0) is 12.3. The van der Waals surface area contributed by atoms with Crippen molar-refractivity contribution >= 4 is 6.29 Å². The van der Waals surface area contributed by atoms with E-state index in [0.29, 0.717) is 6.07 Å². The maximum atomic E-state index is 12.3. The van der Waals surface area contributed by atoms with Crippen LogP contribution in [0.2, 0.25) is 0 Å². The lowest BCUT2D eigenvalue weighted by molar-refractivity contribution is -0.274. The van der Waals surface area contributed by atoms with Crippen LogP contribution in [0, 0.1) is 0 Å². The fourth-order valence-corrected chi connectivity index (χ4v) is 1.04. The molecule has 1 aromatic heterocycles. The predicted molar refractivity (Wildman–Crippen MR) is 43.9 cm³/mol. The summed E-state index contributed by atoms with van der Waals surface area (Å²) in [6.45, 7) is -1.28. The van der Waals surface area contributed by atoms with Crippen molar-refractivity contribution < 1.29 is 27.1 Å². The summed E-state index contributed by atoms with van der Waals surface area (Å²) in [5, 5.41) is 0. The Balaban J connectivity index is 3.31. The van der Waals surface area contributed by atoms with Crippen LogP contribution < -0.4 is 10.3 Å². The SMILES string of the molecule is O=Cc1c(OC(F)(F)F)cc(=O)[nH]c1CF. The molecule has 0 aromatic carbocycles. The highest BCUT2D eigenvalue weighted by atomic mass is 19.4. The van der Waals surface area contributed by atoms with Crippen molar-refractivity contribution in [3.05, 3.63) is 27.7 Å². The Morgan fingerprint density at radius 1 is 1.44 bits per heavy atom. The van der Waals surface area contributed by atoms with Crippen LogP contribution in [0.25, 0.3) is 0 Å². The van der Waals surface area contributed by atoms with Gasteiger partial charge in [-0.2, -0.15) is 0 Å². The van der Waals surface area contributed by atoms with E-state index in [1.807, 2.05) is 4.98 Å². The Labute approximate surface area is 85.8 Å². The first-order valence-electron chi connectivity index (χ1n) is 3.90. The highest BCUT2D eigenvalue weighted by molar-refractivity contribution is 5.80. The number of hydrogen-bond acceptors (Lipinski definition) is 3. The number of H-pyrrole nitrogens is 1. The van der Waals surface area contributed by atoms with Crippen molar-refractivity contribution in [3.8, 4) is 5.75 Å². The first-order valence-corrected chi connectivity index (χ1v) is 3.90. The zero-order valence-corrected chi connectivity index (χ0v) is 7.60. The van der Waals surface area contributed by atoms with Gasteiger partial charge in [-0.1, -0.05) is 0 Å². The number of carbonyl (C=O) groups is 1. The molecule has 0 spiro atoms. The number of nitrogens with one attached hydrogen (secondary N) is 1. The molecule has 88 valence electrons. The second-order valence-corrected chi connectivity index (χ2v) is 2.69. The maximum absolute atomic E-state index is 12.3. The molecule has 8 heteroatoms. The number of rotatable bonds is 3. The van der Waals surface area contributed by atoms with Gasteiger partial charge < -0.3 is 9.72 Å². The van der Waals surface area contributed by atoms with Gasteiger partial charge in [-0.05, 0) is 0 Å². The largest absolute Gasteiger partial charge is 0.573 e. The van der Waals surface area contributed by atoms with Crippen molar-refractivity contribution in [3.63, 3.8) is 0 Å². The molecule has 0 aliphatic carbocycles. The van der Waals surface area contributed by atoms with Gasteiger partial charge in [0.15, 0.2) is 6.29 Å². The zero-order valence-electron chi connectivity index (χ0n) is 7.60. The fraction of sp³-hybridized carbons (Fsp3) is 0.250. The summed E-state index contributed by atoms with van der Waals surface area (Å²) in [6.07, 6.45) is -5.08. The molecule has 16 heavy (non-hydrogen) atoms. The minimum atomic E-state index is -5.06. The van der Waals surface area contributed by atoms with E-state index in [0.717, 1.165) is 0 Å². The van der Waals surface area contributed by atoms with E-state index in [1.165, 1.54) is 0 Å². The monoisotopic (exact) mass is 239 g/mol. The molecule has 0 saturated heterocycles. The Morgan fingerprint density at radius 3 is 2.50 bits per heavy atom. The van der Waals surface area contributed by atoms with E-state index in [2.05, 4.69) is 4.74 Å². The van der Waals surface area contributed by atoms with E-state index in [9.17, 15) is 27.2 Å². The number of carbonyl (C=O) groups excluding carboxylic acids is 1. The molecular formula is C8H5F4NO3. The van der Waals surface area contributed by atoms with Gasteiger partial charge in [0.05, 0.1) is 11.3 Å². The summed E-state index contributed by atoms with van der Waals surface area (Å²) in [6, 6.07) is 0.427. The number of alkyl halides is 4. The Morgan fingerprint density at radius 2 is 2.06 bits per heavy atom. The van der Waals surface area contributed by atoms with Crippen molar-refractivity contribution in [1.82, 2.24) is 4.98 Å². The number of aldehydes is 1. The Hall–Kier alpha value is -1.86. The van der Waals surface area contributed by atoms with Crippen LogP contribution in [0.5, 0.6) is 5.75 Å². The van der Waals surface area contributed by atoms with Crippen molar-refractivity contribution in [2.45, 2.75) is 13.0 Å². The minimum Gasteiger partial charge on any atom is -0.405 e. The summed E-state index contributed by atoms with van der Waals surface area (Å²) in [5.74, 6) is -1.01. The van der Waals surface area contributed by atoms with Gasteiger partial charge >= 0.3 is 6.36 Å². The number of aromatic amines is 1. The number of hydrogen-bond donors (Lipinski definition) is 1. The second kappa shape index (κ2) is 4.33. The van der Waals surface area contributed by atoms with Crippen LogP contribution in [0.3, 0.4) is 0 Å². The van der Waals surface area contributed by atoms with Gasteiger partial charge in [0.2, 0.25) is 0 Å². The van der Waals surface area contributed by atoms with Crippen LogP contribution in [-0.2, 0) is 6.67 Å². The molecule has 0 atom stereocenters. The predicted octanol–water partition coefficient (Wildman–Crippen LogP) is 1.56. The van der Waals surface area contributed by atoms with Gasteiger partial charge in [-0.15, -0.1) is 13.2 Å². The highest BCUT2D eigenvalue weighted by Crippen LogP contribution is 2.25. The first kappa shape index (κ1) is 12.2. The molecule has 0 aliphatic rings. The van der Waals surface area contributed by atoms with Crippen LogP contribution >= 0.6 is 0 Å². The number of pyridine rings is 1. The van der Waals surface area contributed by atoms with E-state index in [4.69, 9.17) is 0 Å². The van der Waals surface area contributed by atoms with Crippen molar-refractivity contribution in [2.24, 2.45) is 0 Å². The lowest BCUT2D eigenvalue weighted by Crippen LogP contribution is -2.21.